The first-order valence-electron chi connectivity index (χ1n) is 5.23. The standard InChI is InChI=1S/C10H17ClN2OS/c1-3-5-13(6-4-2)10-12-9(11)8(7-14)15-10/h14H,3-7H2,1-2H3. The van der Waals surface area contributed by atoms with Gasteiger partial charge in [0.25, 0.3) is 0 Å². The molecule has 0 aliphatic carbocycles. The number of hydrogen-bond donors (Lipinski definition) is 1. The third-order valence-electron chi connectivity index (χ3n) is 2.04. The molecular formula is C10H17ClN2OS. The number of rotatable bonds is 6. The highest BCUT2D eigenvalue weighted by atomic mass is 35.5. The molecule has 0 aromatic carbocycles. The second-order valence-corrected chi connectivity index (χ2v) is 4.78. The first kappa shape index (κ1) is 12.7. The van der Waals surface area contributed by atoms with E-state index in [1.54, 1.807) is 0 Å². The topological polar surface area (TPSA) is 36.4 Å². The van der Waals surface area contributed by atoms with Gasteiger partial charge in [-0.1, -0.05) is 36.8 Å². The van der Waals surface area contributed by atoms with Gasteiger partial charge in [0.1, 0.15) is 5.15 Å². The average molecular weight is 249 g/mol. The molecule has 0 saturated carbocycles. The van der Waals surface area contributed by atoms with Crippen LogP contribution in [-0.2, 0) is 6.61 Å². The second-order valence-electron chi connectivity index (χ2n) is 3.36. The summed E-state index contributed by atoms with van der Waals surface area (Å²) in [6.45, 7) is 6.24. The van der Waals surface area contributed by atoms with Gasteiger partial charge in [-0.25, -0.2) is 4.98 Å². The van der Waals surface area contributed by atoms with Crippen LogP contribution < -0.4 is 4.90 Å². The fourth-order valence-corrected chi connectivity index (χ4v) is 2.57. The number of halogens is 1. The van der Waals surface area contributed by atoms with Crippen LogP contribution in [0.3, 0.4) is 0 Å². The minimum absolute atomic E-state index is 0.0252. The summed E-state index contributed by atoms with van der Waals surface area (Å²) < 4.78 is 0. The Hall–Kier alpha value is -0.320. The Morgan fingerprint density at radius 1 is 1.33 bits per heavy atom. The first-order chi connectivity index (χ1) is 7.22. The lowest BCUT2D eigenvalue weighted by atomic mass is 10.4. The first-order valence-corrected chi connectivity index (χ1v) is 6.43. The molecule has 0 radical (unpaired) electrons. The summed E-state index contributed by atoms with van der Waals surface area (Å²) in [4.78, 5) is 7.24. The van der Waals surface area contributed by atoms with E-state index in [1.807, 2.05) is 0 Å². The van der Waals surface area contributed by atoms with Crippen LogP contribution in [0.4, 0.5) is 5.13 Å². The smallest absolute Gasteiger partial charge is 0.187 e. The van der Waals surface area contributed by atoms with Gasteiger partial charge in [0, 0.05) is 13.1 Å². The van der Waals surface area contributed by atoms with Gasteiger partial charge in [0.05, 0.1) is 11.5 Å². The van der Waals surface area contributed by atoms with Crippen molar-refractivity contribution in [3.8, 4) is 0 Å². The molecule has 0 saturated heterocycles. The third kappa shape index (κ3) is 3.33. The van der Waals surface area contributed by atoms with E-state index in [1.165, 1.54) is 11.3 Å². The molecule has 15 heavy (non-hydrogen) atoms. The molecule has 1 aromatic heterocycles. The van der Waals surface area contributed by atoms with Crippen LogP contribution >= 0.6 is 22.9 Å². The molecule has 0 atom stereocenters. The van der Waals surface area contributed by atoms with Gasteiger partial charge in [-0.05, 0) is 12.8 Å². The van der Waals surface area contributed by atoms with Gasteiger partial charge in [0.2, 0.25) is 0 Å². The van der Waals surface area contributed by atoms with Gasteiger partial charge < -0.3 is 10.0 Å². The van der Waals surface area contributed by atoms with Crippen molar-refractivity contribution in [1.82, 2.24) is 4.98 Å². The molecule has 1 heterocycles. The lowest BCUT2D eigenvalue weighted by Crippen LogP contribution is -2.24. The van der Waals surface area contributed by atoms with Gasteiger partial charge >= 0.3 is 0 Å². The van der Waals surface area contributed by atoms with Gasteiger partial charge in [-0.15, -0.1) is 0 Å². The van der Waals surface area contributed by atoms with Crippen LogP contribution in [0.1, 0.15) is 31.6 Å². The lowest BCUT2D eigenvalue weighted by Gasteiger charge is -2.19. The number of aromatic nitrogens is 1. The molecule has 0 aliphatic rings. The summed E-state index contributed by atoms with van der Waals surface area (Å²) in [5, 5.41) is 10.4. The van der Waals surface area contributed by atoms with Crippen LogP contribution in [-0.4, -0.2) is 23.2 Å². The van der Waals surface area contributed by atoms with Crippen LogP contribution in [0.15, 0.2) is 0 Å². The minimum Gasteiger partial charge on any atom is -0.391 e. The van der Waals surface area contributed by atoms with E-state index in [0.29, 0.717) is 5.15 Å². The highest BCUT2D eigenvalue weighted by molar-refractivity contribution is 7.16. The molecule has 1 N–H and O–H groups in total. The number of aliphatic hydroxyl groups is 1. The summed E-state index contributed by atoms with van der Waals surface area (Å²) >= 11 is 7.38. The lowest BCUT2D eigenvalue weighted by molar-refractivity contribution is 0.285. The molecule has 0 fully saturated rings. The van der Waals surface area contributed by atoms with Crippen LogP contribution in [0, 0.1) is 0 Å². The van der Waals surface area contributed by atoms with Crippen molar-refractivity contribution in [1.29, 1.82) is 0 Å². The summed E-state index contributed by atoms with van der Waals surface area (Å²) in [5.74, 6) is 0. The predicted molar refractivity (Wildman–Crippen MR) is 65.8 cm³/mol. The highest BCUT2D eigenvalue weighted by Gasteiger charge is 2.13. The molecule has 0 bridgehead atoms. The SMILES string of the molecule is CCCN(CCC)c1nc(Cl)c(CO)s1. The van der Waals surface area contributed by atoms with E-state index in [9.17, 15) is 0 Å². The van der Waals surface area contributed by atoms with E-state index in [-0.39, 0.29) is 6.61 Å². The Labute approximate surface area is 99.7 Å². The maximum absolute atomic E-state index is 9.04. The number of anilines is 1. The van der Waals surface area contributed by atoms with Gasteiger partial charge in [0.15, 0.2) is 5.13 Å². The van der Waals surface area contributed by atoms with E-state index < -0.39 is 0 Å². The van der Waals surface area contributed by atoms with Crippen LogP contribution in [0.25, 0.3) is 0 Å². The van der Waals surface area contributed by atoms with Gasteiger partial charge in [-0.3, -0.25) is 0 Å². The second kappa shape index (κ2) is 6.30. The monoisotopic (exact) mass is 248 g/mol. The largest absolute Gasteiger partial charge is 0.391 e. The highest BCUT2D eigenvalue weighted by Crippen LogP contribution is 2.29. The zero-order chi connectivity index (χ0) is 11.3. The minimum atomic E-state index is -0.0252. The molecular weight excluding hydrogens is 232 g/mol. The Balaban J connectivity index is 2.80. The van der Waals surface area contributed by atoms with Crippen molar-refractivity contribution < 1.29 is 5.11 Å². The fourth-order valence-electron chi connectivity index (χ4n) is 1.40. The quantitative estimate of drug-likeness (QED) is 0.841. The molecule has 86 valence electrons. The van der Waals surface area contributed by atoms with E-state index >= 15 is 0 Å². The van der Waals surface area contributed by atoms with E-state index in [4.69, 9.17) is 16.7 Å². The molecule has 0 unspecified atom stereocenters. The van der Waals surface area contributed by atoms with Crippen molar-refractivity contribution in [2.45, 2.75) is 33.3 Å². The zero-order valence-corrected chi connectivity index (χ0v) is 10.7. The maximum Gasteiger partial charge on any atom is 0.187 e. The number of aliphatic hydroxyl groups excluding tert-OH is 1. The van der Waals surface area contributed by atoms with Gasteiger partial charge in [-0.2, -0.15) is 0 Å². The maximum atomic E-state index is 9.04. The fraction of sp³-hybridized carbons (Fsp3) is 0.700. The number of thiazole rings is 1. The van der Waals surface area contributed by atoms with Crippen molar-refractivity contribution >= 4 is 28.1 Å². The van der Waals surface area contributed by atoms with Crippen molar-refractivity contribution in [2.24, 2.45) is 0 Å². The molecule has 5 heteroatoms. The summed E-state index contributed by atoms with van der Waals surface area (Å²) in [6.07, 6.45) is 2.18. The van der Waals surface area contributed by atoms with Crippen molar-refractivity contribution in [3.63, 3.8) is 0 Å². The molecule has 1 aromatic rings. The normalized spacial score (nSPS) is 10.7. The average Bonchev–Trinajstić information content (AvgIpc) is 2.59. The summed E-state index contributed by atoms with van der Waals surface area (Å²) in [5.41, 5.74) is 0. The third-order valence-corrected chi connectivity index (χ3v) is 3.57. The Kier molecular flexibility index (Phi) is 5.36. The summed E-state index contributed by atoms with van der Waals surface area (Å²) in [7, 11) is 0. The van der Waals surface area contributed by atoms with Crippen LogP contribution in [0.2, 0.25) is 5.15 Å². The number of nitrogens with zero attached hydrogens (tertiary/aromatic N) is 2. The molecule has 0 amide bonds. The molecule has 1 rings (SSSR count). The Morgan fingerprint density at radius 2 is 1.93 bits per heavy atom. The zero-order valence-electron chi connectivity index (χ0n) is 9.16. The predicted octanol–water partition coefficient (Wildman–Crippen LogP) is 2.92. The molecule has 0 spiro atoms. The Morgan fingerprint density at radius 3 is 2.33 bits per heavy atom. The molecule has 0 aliphatic heterocycles. The summed E-state index contributed by atoms with van der Waals surface area (Å²) in [6, 6.07) is 0. The van der Waals surface area contributed by atoms with Crippen molar-refractivity contribution in [3.05, 3.63) is 10.0 Å². The number of hydrogen-bond acceptors (Lipinski definition) is 4. The van der Waals surface area contributed by atoms with E-state index in [2.05, 4.69) is 23.7 Å². The Bertz CT molecular complexity index is 298. The van der Waals surface area contributed by atoms with Crippen LogP contribution in [0.5, 0.6) is 0 Å². The van der Waals surface area contributed by atoms with Crippen molar-refractivity contribution in [2.75, 3.05) is 18.0 Å². The molecule has 3 nitrogen and oxygen atoms in total. The van der Waals surface area contributed by atoms with E-state index in [0.717, 1.165) is 35.9 Å².